The fourth-order valence-corrected chi connectivity index (χ4v) is 3.35. The molecule has 3 rings (SSSR count). The number of nitrogens with zero attached hydrogens (tertiary/aromatic N) is 1. The van der Waals surface area contributed by atoms with E-state index in [9.17, 15) is 4.79 Å². The van der Waals surface area contributed by atoms with Crippen LogP contribution >= 0.6 is 0 Å². The van der Waals surface area contributed by atoms with Gasteiger partial charge in [-0.05, 0) is 30.4 Å². The van der Waals surface area contributed by atoms with Crippen LogP contribution in [0.5, 0.6) is 0 Å². The van der Waals surface area contributed by atoms with Crippen molar-refractivity contribution in [1.29, 1.82) is 0 Å². The molecule has 4 heteroatoms. The van der Waals surface area contributed by atoms with Crippen LogP contribution in [0.2, 0.25) is 0 Å². The molecule has 0 saturated carbocycles. The van der Waals surface area contributed by atoms with Crippen LogP contribution < -0.4 is 0 Å². The summed E-state index contributed by atoms with van der Waals surface area (Å²) < 4.78 is 11.7. The van der Waals surface area contributed by atoms with Gasteiger partial charge in [-0.1, -0.05) is 31.2 Å². The van der Waals surface area contributed by atoms with Crippen molar-refractivity contribution < 1.29 is 14.3 Å². The maximum absolute atomic E-state index is 12.4. The monoisotopic (exact) mass is 317 g/mol. The standard InChI is InChI=1S/C19H27NO3/c1-2-16-4-6-17(7-5-16)8-9-18(21)20-12-10-19(11-13-20)22-14-3-15-23-19/h4-7H,2-3,8-15H2,1H3. The third kappa shape index (κ3) is 4.12. The molecule has 0 radical (unpaired) electrons. The van der Waals surface area contributed by atoms with Crippen molar-refractivity contribution in [3.63, 3.8) is 0 Å². The largest absolute Gasteiger partial charge is 0.350 e. The number of carbonyl (C=O) groups excluding carboxylic acids is 1. The number of rotatable bonds is 4. The third-order valence-electron chi connectivity index (χ3n) is 4.96. The molecule has 2 fully saturated rings. The van der Waals surface area contributed by atoms with Gasteiger partial charge in [0.1, 0.15) is 0 Å². The molecule has 126 valence electrons. The summed E-state index contributed by atoms with van der Waals surface area (Å²) in [5, 5.41) is 0. The van der Waals surface area contributed by atoms with E-state index in [-0.39, 0.29) is 5.91 Å². The highest BCUT2D eigenvalue weighted by atomic mass is 16.7. The van der Waals surface area contributed by atoms with E-state index in [0.29, 0.717) is 6.42 Å². The normalized spacial score (nSPS) is 20.7. The van der Waals surface area contributed by atoms with Crippen LogP contribution in [0.3, 0.4) is 0 Å². The molecule has 2 aliphatic heterocycles. The average Bonchev–Trinajstić information content (AvgIpc) is 2.61. The minimum absolute atomic E-state index is 0.246. The molecule has 2 heterocycles. The fourth-order valence-electron chi connectivity index (χ4n) is 3.35. The molecule has 2 saturated heterocycles. The number of likely N-dealkylation sites (tertiary alicyclic amines) is 1. The molecular formula is C19H27NO3. The topological polar surface area (TPSA) is 38.8 Å². The molecular weight excluding hydrogens is 290 g/mol. The van der Waals surface area contributed by atoms with E-state index in [2.05, 4.69) is 31.2 Å². The van der Waals surface area contributed by atoms with Crippen LogP contribution in [0.15, 0.2) is 24.3 Å². The first-order valence-corrected chi connectivity index (χ1v) is 8.84. The summed E-state index contributed by atoms with van der Waals surface area (Å²) in [7, 11) is 0. The molecule has 1 aromatic carbocycles. The van der Waals surface area contributed by atoms with Crippen LogP contribution in [-0.4, -0.2) is 42.9 Å². The average molecular weight is 317 g/mol. The molecule has 0 aromatic heterocycles. The predicted octanol–water partition coefficient (Wildman–Crippen LogP) is 2.94. The zero-order valence-electron chi connectivity index (χ0n) is 14.1. The second-order valence-corrected chi connectivity index (χ2v) is 6.51. The van der Waals surface area contributed by atoms with Gasteiger partial charge >= 0.3 is 0 Å². The van der Waals surface area contributed by atoms with E-state index in [4.69, 9.17) is 9.47 Å². The summed E-state index contributed by atoms with van der Waals surface area (Å²) in [6.45, 7) is 5.20. The number of aryl methyl sites for hydroxylation is 2. The highest BCUT2D eigenvalue weighted by Gasteiger charge is 2.39. The summed E-state index contributed by atoms with van der Waals surface area (Å²) >= 11 is 0. The highest BCUT2D eigenvalue weighted by molar-refractivity contribution is 5.76. The fraction of sp³-hybridized carbons (Fsp3) is 0.632. The van der Waals surface area contributed by atoms with Crippen molar-refractivity contribution >= 4 is 5.91 Å². The number of piperidine rings is 1. The number of amides is 1. The lowest BCUT2D eigenvalue weighted by atomic mass is 10.0. The number of hydrogen-bond acceptors (Lipinski definition) is 3. The lowest BCUT2D eigenvalue weighted by Gasteiger charge is -2.43. The Hall–Kier alpha value is -1.39. The molecule has 1 spiro atoms. The van der Waals surface area contributed by atoms with Gasteiger partial charge in [0.25, 0.3) is 0 Å². The first kappa shape index (κ1) is 16.5. The summed E-state index contributed by atoms with van der Waals surface area (Å²) in [5.41, 5.74) is 2.58. The first-order valence-electron chi connectivity index (χ1n) is 8.84. The summed E-state index contributed by atoms with van der Waals surface area (Å²) in [6, 6.07) is 8.59. The number of carbonyl (C=O) groups is 1. The van der Waals surface area contributed by atoms with Crippen LogP contribution in [0.1, 0.15) is 43.7 Å². The minimum atomic E-state index is -0.412. The van der Waals surface area contributed by atoms with Crippen LogP contribution in [0, 0.1) is 0 Å². The summed E-state index contributed by atoms with van der Waals surface area (Å²) in [5.74, 6) is -0.166. The Labute approximate surface area is 138 Å². The smallest absolute Gasteiger partial charge is 0.222 e. The Morgan fingerprint density at radius 1 is 1.09 bits per heavy atom. The quantitative estimate of drug-likeness (QED) is 0.857. The van der Waals surface area contributed by atoms with Crippen LogP contribution in [0.4, 0.5) is 0 Å². The van der Waals surface area contributed by atoms with Crippen molar-refractivity contribution in [2.45, 2.75) is 51.2 Å². The van der Waals surface area contributed by atoms with E-state index < -0.39 is 5.79 Å². The molecule has 0 aliphatic carbocycles. The molecule has 0 atom stereocenters. The van der Waals surface area contributed by atoms with Crippen LogP contribution in [0.25, 0.3) is 0 Å². The summed E-state index contributed by atoms with van der Waals surface area (Å²) in [6.07, 6.45) is 5.02. The molecule has 1 amide bonds. The molecule has 4 nitrogen and oxygen atoms in total. The van der Waals surface area contributed by atoms with E-state index in [1.165, 1.54) is 11.1 Å². The Bertz CT molecular complexity index is 510. The second-order valence-electron chi connectivity index (χ2n) is 6.51. The van der Waals surface area contributed by atoms with E-state index in [0.717, 1.165) is 58.4 Å². The number of ether oxygens (including phenoxy) is 2. The third-order valence-corrected chi connectivity index (χ3v) is 4.96. The maximum atomic E-state index is 12.4. The van der Waals surface area contributed by atoms with Crippen LogP contribution in [-0.2, 0) is 27.1 Å². The molecule has 23 heavy (non-hydrogen) atoms. The van der Waals surface area contributed by atoms with E-state index >= 15 is 0 Å². The van der Waals surface area contributed by atoms with Gasteiger partial charge in [0, 0.05) is 32.4 Å². The Morgan fingerprint density at radius 3 is 2.30 bits per heavy atom. The van der Waals surface area contributed by atoms with Crippen molar-refractivity contribution in [1.82, 2.24) is 4.90 Å². The first-order chi connectivity index (χ1) is 11.2. The summed E-state index contributed by atoms with van der Waals surface area (Å²) in [4.78, 5) is 14.4. The number of benzene rings is 1. The van der Waals surface area contributed by atoms with E-state index in [1.807, 2.05) is 4.90 Å². The Balaban J connectivity index is 1.45. The van der Waals surface area contributed by atoms with Crippen molar-refractivity contribution in [2.75, 3.05) is 26.3 Å². The van der Waals surface area contributed by atoms with Gasteiger partial charge < -0.3 is 14.4 Å². The predicted molar refractivity (Wildman–Crippen MR) is 89.2 cm³/mol. The van der Waals surface area contributed by atoms with Gasteiger partial charge in [0.15, 0.2) is 5.79 Å². The molecule has 0 unspecified atom stereocenters. The van der Waals surface area contributed by atoms with Gasteiger partial charge in [-0.3, -0.25) is 4.79 Å². The van der Waals surface area contributed by atoms with Gasteiger partial charge in [-0.15, -0.1) is 0 Å². The number of hydrogen-bond donors (Lipinski definition) is 0. The lowest BCUT2D eigenvalue weighted by Crippen LogP contribution is -2.51. The Morgan fingerprint density at radius 2 is 1.70 bits per heavy atom. The zero-order valence-corrected chi connectivity index (χ0v) is 14.1. The van der Waals surface area contributed by atoms with Gasteiger partial charge in [-0.2, -0.15) is 0 Å². The second kappa shape index (κ2) is 7.45. The van der Waals surface area contributed by atoms with Crippen molar-refractivity contribution in [3.05, 3.63) is 35.4 Å². The minimum Gasteiger partial charge on any atom is -0.350 e. The van der Waals surface area contributed by atoms with Gasteiger partial charge in [0.2, 0.25) is 5.91 Å². The molecule has 1 aromatic rings. The van der Waals surface area contributed by atoms with E-state index in [1.54, 1.807) is 0 Å². The lowest BCUT2D eigenvalue weighted by molar-refractivity contribution is -0.282. The Kier molecular flexibility index (Phi) is 5.34. The zero-order chi connectivity index (χ0) is 16.1. The van der Waals surface area contributed by atoms with Crippen molar-refractivity contribution in [3.8, 4) is 0 Å². The molecule has 0 bridgehead atoms. The maximum Gasteiger partial charge on any atom is 0.222 e. The molecule has 0 N–H and O–H groups in total. The SMILES string of the molecule is CCc1ccc(CCC(=O)N2CCC3(CC2)OCCCO3)cc1. The van der Waals surface area contributed by atoms with Gasteiger partial charge in [-0.25, -0.2) is 0 Å². The van der Waals surface area contributed by atoms with Gasteiger partial charge in [0.05, 0.1) is 13.2 Å². The molecule has 2 aliphatic rings. The van der Waals surface area contributed by atoms with Crippen molar-refractivity contribution in [2.24, 2.45) is 0 Å². The highest BCUT2D eigenvalue weighted by Crippen LogP contribution is 2.30.